The molecule has 0 unspecified atom stereocenters. The summed E-state index contributed by atoms with van der Waals surface area (Å²) in [7, 11) is 0. The molecular weight excluding hydrogens is 116 g/mol. The summed E-state index contributed by atoms with van der Waals surface area (Å²) >= 11 is 0. The van der Waals surface area contributed by atoms with Gasteiger partial charge in [-0.15, -0.1) is 0 Å². The van der Waals surface area contributed by atoms with E-state index >= 15 is 0 Å². The number of nitrogens with one attached hydrogen (secondary N) is 1. The van der Waals surface area contributed by atoms with Crippen LogP contribution >= 0.6 is 0 Å². The van der Waals surface area contributed by atoms with Crippen LogP contribution < -0.4 is 11.1 Å². The normalized spacial score (nSPS) is 30.7. The summed E-state index contributed by atoms with van der Waals surface area (Å²) in [6, 6.07) is 0.259. The van der Waals surface area contributed by atoms with Gasteiger partial charge in [-0.05, 0) is 19.4 Å². The smallest absolute Gasteiger partial charge is 0.0815 e. The van der Waals surface area contributed by atoms with Gasteiger partial charge in [0.05, 0.1) is 6.10 Å². The highest BCUT2D eigenvalue weighted by Gasteiger charge is 2.20. The molecule has 54 valence electrons. The molecule has 3 nitrogen and oxygen atoms in total. The Hall–Kier alpha value is -0.120. The Morgan fingerprint density at radius 3 is 3.00 bits per heavy atom. The van der Waals surface area contributed by atoms with Gasteiger partial charge in [0.1, 0.15) is 0 Å². The van der Waals surface area contributed by atoms with Gasteiger partial charge in [-0.25, -0.2) is 0 Å². The molecule has 1 aliphatic heterocycles. The van der Waals surface area contributed by atoms with Crippen LogP contribution in [0.4, 0.5) is 0 Å². The first-order valence-corrected chi connectivity index (χ1v) is 3.46. The molecule has 0 amide bonds. The number of nitrogens with two attached hydrogens (primary N) is 1. The predicted molar refractivity (Wildman–Crippen MR) is 36.1 cm³/mol. The molecule has 1 fully saturated rings. The lowest BCUT2D eigenvalue weighted by Gasteiger charge is -2.15. The van der Waals surface area contributed by atoms with E-state index in [4.69, 9.17) is 5.73 Å². The molecule has 9 heavy (non-hydrogen) atoms. The van der Waals surface area contributed by atoms with E-state index in [9.17, 15) is 5.11 Å². The van der Waals surface area contributed by atoms with Crippen LogP contribution in [0.5, 0.6) is 0 Å². The standard InChI is InChI=1S/C6H14N2O/c7-4-6(9)5-2-1-3-8-5/h5-6,8-9H,1-4,7H2/t5-,6-/m1/s1. The highest BCUT2D eigenvalue weighted by atomic mass is 16.3. The van der Waals surface area contributed by atoms with E-state index in [1.807, 2.05) is 0 Å². The predicted octanol–water partition coefficient (Wildman–Crippen LogP) is -0.942. The van der Waals surface area contributed by atoms with E-state index in [0.29, 0.717) is 6.54 Å². The lowest BCUT2D eigenvalue weighted by Crippen LogP contribution is -2.39. The van der Waals surface area contributed by atoms with E-state index in [1.54, 1.807) is 0 Å². The molecule has 1 rings (SSSR count). The molecule has 0 aliphatic carbocycles. The molecule has 3 heteroatoms. The van der Waals surface area contributed by atoms with Crippen molar-refractivity contribution in [1.29, 1.82) is 0 Å². The quantitative estimate of drug-likeness (QED) is 0.452. The zero-order chi connectivity index (χ0) is 6.69. The van der Waals surface area contributed by atoms with Crippen molar-refractivity contribution in [1.82, 2.24) is 5.32 Å². The van der Waals surface area contributed by atoms with Gasteiger partial charge >= 0.3 is 0 Å². The van der Waals surface area contributed by atoms with E-state index in [0.717, 1.165) is 13.0 Å². The molecular formula is C6H14N2O. The second kappa shape index (κ2) is 3.15. The summed E-state index contributed by atoms with van der Waals surface area (Å²) in [5.41, 5.74) is 5.26. The molecule has 0 aromatic heterocycles. The maximum absolute atomic E-state index is 9.17. The summed E-state index contributed by atoms with van der Waals surface area (Å²) in [6.45, 7) is 1.40. The van der Waals surface area contributed by atoms with E-state index < -0.39 is 0 Å². The minimum atomic E-state index is -0.340. The fraction of sp³-hybridized carbons (Fsp3) is 1.00. The maximum Gasteiger partial charge on any atom is 0.0815 e. The monoisotopic (exact) mass is 130 g/mol. The third-order valence-corrected chi connectivity index (χ3v) is 1.80. The van der Waals surface area contributed by atoms with Crippen molar-refractivity contribution in [3.05, 3.63) is 0 Å². The zero-order valence-corrected chi connectivity index (χ0v) is 5.51. The molecule has 1 heterocycles. The van der Waals surface area contributed by atoms with Crippen molar-refractivity contribution in [2.45, 2.75) is 25.0 Å². The second-order valence-corrected chi connectivity index (χ2v) is 2.51. The molecule has 0 spiro atoms. The largest absolute Gasteiger partial charge is 0.390 e. The summed E-state index contributed by atoms with van der Waals surface area (Å²) in [5.74, 6) is 0. The van der Waals surface area contributed by atoms with E-state index in [1.165, 1.54) is 6.42 Å². The average Bonchev–Trinajstić information content (AvgIpc) is 2.37. The minimum absolute atomic E-state index is 0.259. The minimum Gasteiger partial charge on any atom is -0.390 e. The van der Waals surface area contributed by atoms with Crippen molar-refractivity contribution in [2.75, 3.05) is 13.1 Å². The third kappa shape index (κ3) is 1.64. The SMILES string of the molecule is NC[C@@H](O)[C@H]1CCCN1. The zero-order valence-electron chi connectivity index (χ0n) is 5.51. The lowest BCUT2D eigenvalue weighted by atomic mass is 10.1. The molecule has 1 saturated heterocycles. The van der Waals surface area contributed by atoms with Crippen LogP contribution in [0.3, 0.4) is 0 Å². The number of hydrogen-bond acceptors (Lipinski definition) is 3. The molecule has 0 aromatic carbocycles. The number of rotatable bonds is 2. The van der Waals surface area contributed by atoms with Crippen LogP contribution in [0.25, 0.3) is 0 Å². The Kier molecular flexibility index (Phi) is 2.45. The van der Waals surface area contributed by atoms with E-state index in [-0.39, 0.29) is 12.1 Å². The first kappa shape index (κ1) is 6.99. The molecule has 0 radical (unpaired) electrons. The molecule has 1 aliphatic rings. The second-order valence-electron chi connectivity index (χ2n) is 2.51. The highest BCUT2D eigenvalue weighted by Crippen LogP contribution is 2.07. The van der Waals surface area contributed by atoms with Gasteiger partial charge in [0.15, 0.2) is 0 Å². The molecule has 0 aromatic rings. The summed E-state index contributed by atoms with van der Waals surface area (Å²) in [4.78, 5) is 0. The highest BCUT2D eigenvalue weighted by molar-refractivity contribution is 4.81. The van der Waals surface area contributed by atoms with Crippen molar-refractivity contribution in [3.63, 3.8) is 0 Å². The first-order chi connectivity index (χ1) is 4.34. The fourth-order valence-electron chi connectivity index (χ4n) is 1.20. The summed E-state index contributed by atoms with van der Waals surface area (Å²) in [6.07, 6.45) is 1.90. The van der Waals surface area contributed by atoms with Crippen LogP contribution in [0, 0.1) is 0 Å². The Morgan fingerprint density at radius 1 is 1.78 bits per heavy atom. The van der Waals surface area contributed by atoms with E-state index in [2.05, 4.69) is 5.32 Å². The van der Waals surface area contributed by atoms with Crippen LogP contribution in [0.15, 0.2) is 0 Å². The maximum atomic E-state index is 9.17. The molecule has 0 saturated carbocycles. The van der Waals surface area contributed by atoms with Crippen LogP contribution in [-0.2, 0) is 0 Å². The van der Waals surface area contributed by atoms with Crippen molar-refractivity contribution >= 4 is 0 Å². The van der Waals surface area contributed by atoms with Gasteiger partial charge in [0, 0.05) is 12.6 Å². The fourth-order valence-corrected chi connectivity index (χ4v) is 1.20. The van der Waals surface area contributed by atoms with Gasteiger partial charge in [-0.2, -0.15) is 0 Å². The van der Waals surface area contributed by atoms with Crippen LogP contribution in [0.2, 0.25) is 0 Å². The third-order valence-electron chi connectivity index (χ3n) is 1.80. The van der Waals surface area contributed by atoms with Gasteiger partial charge in [0.2, 0.25) is 0 Å². The number of aliphatic hydroxyl groups excluding tert-OH is 1. The van der Waals surface area contributed by atoms with Gasteiger partial charge in [-0.1, -0.05) is 0 Å². The van der Waals surface area contributed by atoms with Crippen molar-refractivity contribution in [3.8, 4) is 0 Å². The lowest BCUT2D eigenvalue weighted by molar-refractivity contribution is 0.143. The molecule has 4 N–H and O–H groups in total. The first-order valence-electron chi connectivity index (χ1n) is 3.46. The Bertz CT molecular complexity index is 81.1. The summed E-state index contributed by atoms with van der Waals surface area (Å²) in [5, 5.41) is 12.3. The van der Waals surface area contributed by atoms with Gasteiger partial charge in [0.25, 0.3) is 0 Å². The molecule has 2 atom stereocenters. The van der Waals surface area contributed by atoms with Crippen molar-refractivity contribution < 1.29 is 5.11 Å². The van der Waals surface area contributed by atoms with Crippen LogP contribution in [0.1, 0.15) is 12.8 Å². The summed E-state index contributed by atoms with van der Waals surface area (Å²) < 4.78 is 0. The Balaban J connectivity index is 2.24. The van der Waals surface area contributed by atoms with Gasteiger partial charge < -0.3 is 16.2 Å². The van der Waals surface area contributed by atoms with Gasteiger partial charge in [-0.3, -0.25) is 0 Å². The number of hydrogen-bond donors (Lipinski definition) is 3. The van der Waals surface area contributed by atoms with Crippen molar-refractivity contribution in [2.24, 2.45) is 5.73 Å². The molecule has 0 bridgehead atoms. The Morgan fingerprint density at radius 2 is 2.56 bits per heavy atom. The average molecular weight is 130 g/mol. The topological polar surface area (TPSA) is 58.3 Å². The Labute approximate surface area is 55.2 Å². The number of aliphatic hydroxyl groups is 1. The van der Waals surface area contributed by atoms with Crippen LogP contribution in [-0.4, -0.2) is 30.3 Å².